The monoisotopic (exact) mass is 484 g/mol. The molecule has 4 rings (SSSR count). The molecule has 34 heavy (non-hydrogen) atoms. The molecule has 0 aliphatic heterocycles. The van der Waals surface area contributed by atoms with Gasteiger partial charge < -0.3 is 4.52 Å². The van der Waals surface area contributed by atoms with E-state index in [1.54, 1.807) is 0 Å². The van der Waals surface area contributed by atoms with Gasteiger partial charge in [-0.25, -0.2) is 0 Å². The average Bonchev–Trinajstić information content (AvgIpc) is 2.79. The first-order valence-electron chi connectivity index (χ1n) is 13.6. The molecule has 0 bridgehead atoms. The third kappa shape index (κ3) is 6.34. The van der Waals surface area contributed by atoms with Gasteiger partial charge in [0.05, 0.1) is 12.2 Å². The zero-order valence-electron chi connectivity index (χ0n) is 22.1. The molecule has 6 atom stereocenters. The fourth-order valence-electron chi connectivity index (χ4n) is 6.12. The van der Waals surface area contributed by atoms with Crippen molar-refractivity contribution in [1.82, 2.24) is 0 Å². The van der Waals surface area contributed by atoms with Crippen molar-refractivity contribution in [3.63, 3.8) is 0 Å². The van der Waals surface area contributed by atoms with Crippen molar-refractivity contribution in [3.05, 3.63) is 42.5 Å². The van der Waals surface area contributed by atoms with Gasteiger partial charge in [0.15, 0.2) is 0 Å². The molecule has 3 nitrogen and oxygen atoms in total. The van der Waals surface area contributed by atoms with Gasteiger partial charge in [-0.3, -0.25) is 9.05 Å². The van der Waals surface area contributed by atoms with Gasteiger partial charge in [-0.1, -0.05) is 90.8 Å². The van der Waals surface area contributed by atoms with Crippen molar-refractivity contribution in [2.75, 3.05) is 0 Å². The molecule has 0 heterocycles. The first-order chi connectivity index (χ1) is 16.3. The number of hydrogen-bond acceptors (Lipinski definition) is 3. The second kappa shape index (κ2) is 11.7. The number of rotatable bonds is 8. The van der Waals surface area contributed by atoms with Gasteiger partial charge in [0.2, 0.25) is 0 Å². The van der Waals surface area contributed by atoms with Crippen molar-refractivity contribution >= 4 is 19.4 Å². The molecule has 2 aliphatic carbocycles. The van der Waals surface area contributed by atoms with Crippen LogP contribution in [0.1, 0.15) is 80.1 Å². The van der Waals surface area contributed by atoms with E-state index in [1.165, 1.54) is 31.1 Å². The Morgan fingerprint density at radius 3 is 1.79 bits per heavy atom. The van der Waals surface area contributed by atoms with Gasteiger partial charge in [0.25, 0.3) is 0 Å². The molecule has 0 spiro atoms. The van der Waals surface area contributed by atoms with Crippen molar-refractivity contribution in [1.29, 1.82) is 0 Å². The van der Waals surface area contributed by atoms with Gasteiger partial charge in [-0.05, 0) is 72.6 Å². The smallest absolute Gasteiger partial charge is 0.397 e. The largest absolute Gasteiger partial charge is 0.426 e. The van der Waals surface area contributed by atoms with Crippen LogP contribution >= 0.6 is 8.60 Å². The van der Waals surface area contributed by atoms with Crippen LogP contribution in [0.3, 0.4) is 0 Å². The van der Waals surface area contributed by atoms with Crippen LogP contribution in [0.25, 0.3) is 10.8 Å². The highest BCUT2D eigenvalue weighted by Gasteiger charge is 2.39. The molecule has 0 radical (unpaired) electrons. The summed E-state index contributed by atoms with van der Waals surface area (Å²) in [4.78, 5) is 0. The minimum atomic E-state index is -1.50. The summed E-state index contributed by atoms with van der Waals surface area (Å²) in [7, 11) is -1.50. The summed E-state index contributed by atoms with van der Waals surface area (Å²) in [6.45, 7) is 14.1. The lowest BCUT2D eigenvalue weighted by Crippen LogP contribution is -2.36. The van der Waals surface area contributed by atoms with Crippen LogP contribution in [-0.4, -0.2) is 12.2 Å². The maximum Gasteiger partial charge on any atom is 0.397 e. The Morgan fingerprint density at radius 2 is 1.24 bits per heavy atom. The zero-order valence-corrected chi connectivity index (χ0v) is 23.0. The summed E-state index contributed by atoms with van der Waals surface area (Å²) in [5.74, 6) is 4.58. The molecule has 4 heteroatoms. The number of fused-ring (bicyclic) bond motifs is 1. The van der Waals surface area contributed by atoms with E-state index in [1.807, 2.05) is 0 Å². The third-order valence-corrected chi connectivity index (χ3v) is 9.52. The Morgan fingerprint density at radius 1 is 0.706 bits per heavy atom. The quantitative estimate of drug-likeness (QED) is 0.349. The lowest BCUT2D eigenvalue weighted by atomic mass is 9.75. The number of hydrogen-bond donors (Lipinski definition) is 0. The normalized spacial score (nSPS) is 31.2. The molecular formula is C30H45O3P. The first-order valence-corrected chi connectivity index (χ1v) is 14.7. The SMILES string of the molecule is CC1CCC(C(C)C)C(OP(Oc2cccc3ccccc23)OC2CC(C)CCC2C(C)C)C1. The van der Waals surface area contributed by atoms with E-state index in [9.17, 15) is 0 Å². The van der Waals surface area contributed by atoms with Crippen LogP contribution in [0.2, 0.25) is 0 Å². The summed E-state index contributed by atoms with van der Waals surface area (Å²) < 4.78 is 20.4. The van der Waals surface area contributed by atoms with Gasteiger partial charge >= 0.3 is 8.60 Å². The minimum Gasteiger partial charge on any atom is -0.426 e. The maximum atomic E-state index is 6.88. The molecule has 2 aromatic rings. The van der Waals surface area contributed by atoms with Crippen molar-refractivity contribution in [2.45, 2.75) is 92.3 Å². The molecular weight excluding hydrogens is 439 g/mol. The maximum absolute atomic E-state index is 6.88. The lowest BCUT2D eigenvalue weighted by Gasteiger charge is -2.41. The molecule has 0 aromatic heterocycles. The first kappa shape index (κ1) is 25.9. The van der Waals surface area contributed by atoms with E-state index in [-0.39, 0.29) is 12.2 Å². The van der Waals surface area contributed by atoms with Crippen molar-refractivity contribution < 1.29 is 13.6 Å². The average molecular weight is 485 g/mol. The Kier molecular flexibility index (Phi) is 8.94. The second-order valence-corrected chi connectivity index (χ2v) is 12.8. The van der Waals surface area contributed by atoms with Crippen molar-refractivity contribution in [2.24, 2.45) is 35.5 Å². The highest BCUT2D eigenvalue weighted by molar-refractivity contribution is 7.42. The van der Waals surface area contributed by atoms with E-state index >= 15 is 0 Å². The van der Waals surface area contributed by atoms with E-state index in [0.29, 0.717) is 35.5 Å². The van der Waals surface area contributed by atoms with Crippen LogP contribution in [0.4, 0.5) is 0 Å². The molecule has 6 unspecified atom stereocenters. The fraction of sp³-hybridized carbons (Fsp3) is 0.667. The second-order valence-electron chi connectivity index (χ2n) is 11.7. The van der Waals surface area contributed by atoms with Gasteiger partial charge in [-0.15, -0.1) is 0 Å². The Labute approximate surface area is 209 Å². The molecule has 2 fully saturated rings. The standard InChI is InChI=1S/C30H45O3P/c1-20(2)25-16-14-22(5)18-29(25)32-34(33-30-19-23(6)15-17-26(30)21(3)4)31-28-13-9-11-24-10-7-8-12-27(24)28/h7-13,20-23,25-26,29-30H,14-19H2,1-6H3. The van der Waals surface area contributed by atoms with E-state index in [0.717, 1.165) is 24.0 Å². The van der Waals surface area contributed by atoms with Crippen LogP contribution in [-0.2, 0) is 9.05 Å². The highest BCUT2D eigenvalue weighted by atomic mass is 31.2. The van der Waals surface area contributed by atoms with Crippen LogP contribution in [0.15, 0.2) is 42.5 Å². The molecule has 0 N–H and O–H groups in total. The molecule has 0 saturated heterocycles. The zero-order chi connectivity index (χ0) is 24.2. The lowest BCUT2D eigenvalue weighted by molar-refractivity contribution is -0.00247. The minimum absolute atomic E-state index is 0.198. The molecule has 2 aromatic carbocycles. The Hall–Kier alpha value is -1.15. The third-order valence-electron chi connectivity index (χ3n) is 8.29. The summed E-state index contributed by atoms with van der Waals surface area (Å²) in [5.41, 5.74) is 0. The summed E-state index contributed by atoms with van der Waals surface area (Å²) >= 11 is 0. The van der Waals surface area contributed by atoms with Crippen LogP contribution in [0.5, 0.6) is 5.75 Å². The molecule has 2 aliphatic rings. The van der Waals surface area contributed by atoms with E-state index < -0.39 is 8.60 Å². The predicted molar refractivity (Wildman–Crippen MR) is 144 cm³/mol. The van der Waals surface area contributed by atoms with Gasteiger partial charge in [0, 0.05) is 5.39 Å². The molecule has 2 saturated carbocycles. The molecule has 0 amide bonds. The van der Waals surface area contributed by atoms with E-state index in [4.69, 9.17) is 13.6 Å². The molecule has 188 valence electrons. The number of benzene rings is 2. The van der Waals surface area contributed by atoms with Crippen molar-refractivity contribution in [3.8, 4) is 5.75 Å². The summed E-state index contributed by atoms with van der Waals surface area (Å²) in [5, 5.41) is 2.31. The van der Waals surface area contributed by atoms with Crippen LogP contribution < -0.4 is 4.52 Å². The Balaban J connectivity index is 1.61. The van der Waals surface area contributed by atoms with Crippen LogP contribution in [0, 0.1) is 35.5 Å². The summed E-state index contributed by atoms with van der Waals surface area (Å²) in [6, 6.07) is 14.7. The summed E-state index contributed by atoms with van der Waals surface area (Å²) in [6.07, 6.45) is 7.64. The van der Waals surface area contributed by atoms with E-state index in [2.05, 4.69) is 84.0 Å². The topological polar surface area (TPSA) is 27.7 Å². The highest BCUT2D eigenvalue weighted by Crippen LogP contribution is 2.52. The Bertz CT molecular complexity index is 874. The fourth-order valence-corrected chi connectivity index (χ4v) is 7.50. The van der Waals surface area contributed by atoms with Gasteiger partial charge in [-0.2, -0.15) is 0 Å². The predicted octanol–water partition coefficient (Wildman–Crippen LogP) is 9.40. The van der Waals surface area contributed by atoms with Gasteiger partial charge in [0.1, 0.15) is 5.75 Å².